The Hall–Kier alpha value is -1.33. The van der Waals surface area contributed by atoms with Gasteiger partial charge in [-0.3, -0.25) is 4.98 Å². The Morgan fingerprint density at radius 2 is 1.90 bits per heavy atom. The van der Waals surface area contributed by atoms with Crippen molar-refractivity contribution in [2.24, 2.45) is 0 Å². The Kier molecular flexibility index (Phi) is 5.06. The Balaban J connectivity index is 2.61. The number of halogens is 3. The normalized spacial score (nSPS) is 12.5. The molecule has 1 N–H and O–H groups in total. The van der Waals surface area contributed by atoms with Crippen LogP contribution in [-0.2, 0) is 0 Å². The van der Waals surface area contributed by atoms with Gasteiger partial charge < -0.3 is 5.32 Å². The Morgan fingerprint density at radius 1 is 1.19 bits per heavy atom. The Bertz CT molecular complexity index is 659. The third-order valence-electron chi connectivity index (χ3n) is 3.35. The minimum atomic E-state index is -0.582. The van der Waals surface area contributed by atoms with Gasteiger partial charge in [-0.05, 0) is 60.1 Å². The van der Waals surface area contributed by atoms with Gasteiger partial charge in [-0.15, -0.1) is 0 Å². The van der Waals surface area contributed by atoms with Gasteiger partial charge in [0.1, 0.15) is 11.6 Å². The molecule has 1 aromatic heterocycles. The zero-order chi connectivity index (χ0) is 15.6. The van der Waals surface area contributed by atoms with Crippen molar-refractivity contribution in [1.29, 1.82) is 0 Å². The molecule has 0 amide bonds. The van der Waals surface area contributed by atoms with E-state index in [-0.39, 0.29) is 10.0 Å². The molecule has 1 heterocycles. The van der Waals surface area contributed by atoms with Gasteiger partial charge in [0, 0.05) is 17.0 Å². The maximum atomic E-state index is 14.4. The molecule has 1 atom stereocenters. The summed E-state index contributed by atoms with van der Waals surface area (Å²) in [5, 5.41) is 3.14. The van der Waals surface area contributed by atoms with Crippen LogP contribution in [0.5, 0.6) is 0 Å². The third kappa shape index (κ3) is 3.30. The van der Waals surface area contributed by atoms with E-state index in [2.05, 4.69) is 26.2 Å². The van der Waals surface area contributed by atoms with Gasteiger partial charge in [0.05, 0.1) is 10.5 Å². The second-order valence-corrected chi connectivity index (χ2v) is 5.73. The first-order valence-corrected chi connectivity index (χ1v) is 7.56. The topological polar surface area (TPSA) is 24.9 Å². The fourth-order valence-electron chi connectivity index (χ4n) is 2.38. The van der Waals surface area contributed by atoms with Crippen LogP contribution in [0.1, 0.15) is 35.5 Å². The number of rotatable bonds is 4. The minimum Gasteiger partial charge on any atom is -0.306 e. The van der Waals surface area contributed by atoms with Gasteiger partial charge >= 0.3 is 0 Å². The molecule has 21 heavy (non-hydrogen) atoms. The molecule has 0 aliphatic rings. The molecule has 0 fully saturated rings. The first-order valence-electron chi connectivity index (χ1n) is 6.76. The maximum absolute atomic E-state index is 14.4. The fourth-order valence-corrected chi connectivity index (χ4v) is 2.73. The first kappa shape index (κ1) is 16.0. The zero-order valence-corrected chi connectivity index (χ0v) is 13.8. The van der Waals surface area contributed by atoms with Gasteiger partial charge in [0.15, 0.2) is 0 Å². The van der Waals surface area contributed by atoms with Crippen molar-refractivity contribution in [3.05, 3.63) is 62.9 Å². The Labute approximate surface area is 131 Å². The van der Waals surface area contributed by atoms with Gasteiger partial charge in [0.25, 0.3) is 0 Å². The predicted octanol–water partition coefficient (Wildman–Crippen LogP) is 4.44. The van der Waals surface area contributed by atoms with Crippen LogP contribution in [0.15, 0.2) is 28.7 Å². The van der Waals surface area contributed by atoms with E-state index in [4.69, 9.17) is 0 Å². The number of aromatic nitrogens is 1. The summed E-state index contributed by atoms with van der Waals surface area (Å²) in [7, 11) is 0. The summed E-state index contributed by atoms with van der Waals surface area (Å²) < 4.78 is 28.8. The molecule has 0 spiro atoms. The standard InChI is InChI=1S/C16H17BrF2N2/c1-4-20-16(11-6-5-9(2)21-10(11)3)14-13(18)8-7-12(17)15(14)19/h5-8,16,20H,4H2,1-3H3. The van der Waals surface area contributed by atoms with Crippen LogP contribution >= 0.6 is 15.9 Å². The van der Waals surface area contributed by atoms with Crippen molar-refractivity contribution in [1.82, 2.24) is 10.3 Å². The quantitative estimate of drug-likeness (QED) is 0.821. The summed E-state index contributed by atoms with van der Waals surface area (Å²) in [5.41, 5.74) is 2.43. The van der Waals surface area contributed by atoms with Crippen molar-refractivity contribution < 1.29 is 8.78 Å². The van der Waals surface area contributed by atoms with Gasteiger partial charge in [-0.25, -0.2) is 8.78 Å². The number of nitrogens with zero attached hydrogens (tertiary/aromatic N) is 1. The number of hydrogen-bond donors (Lipinski definition) is 1. The monoisotopic (exact) mass is 354 g/mol. The average molecular weight is 355 g/mol. The van der Waals surface area contributed by atoms with Crippen molar-refractivity contribution in [2.75, 3.05) is 6.54 Å². The number of pyridine rings is 1. The van der Waals surface area contributed by atoms with E-state index < -0.39 is 17.7 Å². The third-order valence-corrected chi connectivity index (χ3v) is 3.97. The Morgan fingerprint density at radius 3 is 2.52 bits per heavy atom. The lowest BCUT2D eigenvalue weighted by Crippen LogP contribution is -2.25. The summed E-state index contributed by atoms with van der Waals surface area (Å²) in [6.45, 7) is 6.22. The van der Waals surface area contributed by atoms with Gasteiger partial charge in [-0.2, -0.15) is 0 Å². The van der Waals surface area contributed by atoms with E-state index in [0.29, 0.717) is 6.54 Å². The van der Waals surface area contributed by atoms with E-state index in [1.54, 1.807) is 0 Å². The van der Waals surface area contributed by atoms with Crippen LogP contribution in [0, 0.1) is 25.5 Å². The molecule has 0 radical (unpaired) electrons. The lowest BCUT2D eigenvalue weighted by molar-refractivity contribution is 0.505. The molecule has 112 valence electrons. The van der Waals surface area contributed by atoms with Crippen LogP contribution in [0.25, 0.3) is 0 Å². The largest absolute Gasteiger partial charge is 0.306 e. The van der Waals surface area contributed by atoms with E-state index in [9.17, 15) is 8.78 Å². The molecule has 0 saturated heterocycles. The fraction of sp³-hybridized carbons (Fsp3) is 0.312. The van der Waals surface area contributed by atoms with E-state index >= 15 is 0 Å². The second kappa shape index (κ2) is 6.62. The number of aryl methyl sites for hydroxylation is 2. The molecule has 0 aliphatic heterocycles. The van der Waals surface area contributed by atoms with Crippen molar-refractivity contribution in [2.45, 2.75) is 26.8 Å². The van der Waals surface area contributed by atoms with Crippen LogP contribution in [-0.4, -0.2) is 11.5 Å². The molecule has 1 unspecified atom stereocenters. The van der Waals surface area contributed by atoms with E-state index in [1.807, 2.05) is 32.9 Å². The zero-order valence-electron chi connectivity index (χ0n) is 12.2. The van der Waals surface area contributed by atoms with E-state index in [0.717, 1.165) is 17.0 Å². The molecule has 0 saturated carbocycles. The molecule has 5 heteroatoms. The molecule has 2 nitrogen and oxygen atoms in total. The highest BCUT2D eigenvalue weighted by atomic mass is 79.9. The number of benzene rings is 1. The molecule has 2 rings (SSSR count). The summed E-state index contributed by atoms with van der Waals surface area (Å²) in [6.07, 6.45) is 0. The second-order valence-electron chi connectivity index (χ2n) is 4.87. The lowest BCUT2D eigenvalue weighted by atomic mass is 9.96. The van der Waals surface area contributed by atoms with Crippen molar-refractivity contribution >= 4 is 15.9 Å². The average Bonchev–Trinajstić information content (AvgIpc) is 2.43. The van der Waals surface area contributed by atoms with Gasteiger partial charge in [0.2, 0.25) is 0 Å². The highest BCUT2D eigenvalue weighted by Gasteiger charge is 2.24. The molecule has 0 aliphatic carbocycles. The molecule has 1 aromatic carbocycles. The van der Waals surface area contributed by atoms with Crippen molar-refractivity contribution in [3.8, 4) is 0 Å². The smallest absolute Gasteiger partial charge is 0.145 e. The number of nitrogens with one attached hydrogen (secondary N) is 1. The lowest BCUT2D eigenvalue weighted by Gasteiger charge is -2.22. The van der Waals surface area contributed by atoms with Crippen LogP contribution in [0.3, 0.4) is 0 Å². The SMILES string of the molecule is CCNC(c1ccc(C)nc1C)c1c(F)ccc(Br)c1F. The predicted molar refractivity (Wildman–Crippen MR) is 83.3 cm³/mol. The highest BCUT2D eigenvalue weighted by molar-refractivity contribution is 9.10. The summed E-state index contributed by atoms with van der Waals surface area (Å²) in [4.78, 5) is 4.39. The summed E-state index contributed by atoms with van der Waals surface area (Å²) >= 11 is 3.12. The van der Waals surface area contributed by atoms with Gasteiger partial charge in [-0.1, -0.05) is 13.0 Å². The van der Waals surface area contributed by atoms with Crippen molar-refractivity contribution in [3.63, 3.8) is 0 Å². The molecular formula is C16H17BrF2N2. The molecule has 2 aromatic rings. The number of hydrogen-bond acceptors (Lipinski definition) is 2. The maximum Gasteiger partial charge on any atom is 0.145 e. The van der Waals surface area contributed by atoms with Crippen LogP contribution in [0.4, 0.5) is 8.78 Å². The molecule has 0 bridgehead atoms. The summed E-state index contributed by atoms with van der Waals surface area (Å²) in [6, 6.07) is 5.78. The highest BCUT2D eigenvalue weighted by Crippen LogP contribution is 2.31. The minimum absolute atomic E-state index is 0.0139. The molecular weight excluding hydrogens is 338 g/mol. The van der Waals surface area contributed by atoms with E-state index in [1.165, 1.54) is 12.1 Å². The summed E-state index contributed by atoms with van der Waals surface area (Å²) in [5.74, 6) is -1.15. The van der Waals surface area contributed by atoms with Crippen LogP contribution in [0.2, 0.25) is 0 Å². The van der Waals surface area contributed by atoms with Crippen LogP contribution < -0.4 is 5.32 Å². The first-order chi connectivity index (χ1) is 9.95.